The van der Waals surface area contributed by atoms with Crippen molar-refractivity contribution < 1.29 is 8.42 Å². The second-order valence-electron chi connectivity index (χ2n) is 4.22. The fourth-order valence-electron chi connectivity index (χ4n) is 1.46. The standard InChI is InChI=1S/C11H20N2O2S3/c1-9(7-16-3)5-13-18(14,15)11-4-10(6-12-2)8-17-11/h4,8-9,12-13H,5-7H2,1-3H3. The van der Waals surface area contributed by atoms with Crippen LogP contribution in [-0.2, 0) is 16.6 Å². The summed E-state index contributed by atoms with van der Waals surface area (Å²) in [7, 11) is -1.50. The highest BCUT2D eigenvalue weighted by molar-refractivity contribution is 7.98. The Morgan fingerprint density at radius 2 is 2.22 bits per heavy atom. The minimum absolute atomic E-state index is 0.339. The van der Waals surface area contributed by atoms with Gasteiger partial charge in [0.2, 0.25) is 10.0 Å². The average Bonchev–Trinajstić information content (AvgIpc) is 2.77. The van der Waals surface area contributed by atoms with Gasteiger partial charge >= 0.3 is 0 Å². The van der Waals surface area contributed by atoms with Gasteiger partial charge in [-0.1, -0.05) is 6.92 Å². The molecule has 0 aliphatic carbocycles. The van der Waals surface area contributed by atoms with E-state index in [4.69, 9.17) is 0 Å². The lowest BCUT2D eigenvalue weighted by Gasteiger charge is -2.10. The van der Waals surface area contributed by atoms with Gasteiger partial charge in [-0.15, -0.1) is 11.3 Å². The number of sulfonamides is 1. The van der Waals surface area contributed by atoms with Crippen LogP contribution in [0, 0.1) is 5.92 Å². The molecule has 1 atom stereocenters. The molecular weight excluding hydrogens is 288 g/mol. The van der Waals surface area contributed by atoms with Gasteiger partial charge in [-0.2, -0.15) is 11.8 Å². The maximum absolute atomic E-state index is 12.0. The van der Waals surface area contributed by atoms with Crippen LogP contribution in [0.15, 0.2) is 15.7 Å². The predicted octanol–water partition coefficient (Wildman–Crippen LogP) is 1.74. The smallest absolute Gasteiger partial charge is 0.250 e. The Morgan fingerprint density at radius 1 is 1.50 bits per heavy atom. The molecule has 0 bridgehead atoms. The molecule has 1 aromatic heterocycles. The van der Waals surface area contributed by atoms with E-state index < -0.39 is 10.0 Å². The molecule has 7 heteroatoms. The van der Waals surface area contributed by atoms with E-state index in [-0.39, 0.29) is 0 Å². The lowest BCUT2D eigenvalue weighted by molar-refractivity contribution is 0.564. The highest BCUT2D eigenvalue weighted by Gasteiger charge is 2.17. The maximum atomic E-state index is 12.0. The summed E-state index contributed by atoms with van der Waals surface area (Å²) in [4.78, 5) is 0. The first-order chi connectivity index (χ1) is 8.49. The van der Waals surface area contributed by atoms with Crippen LogP contribution in [0.4, 0.5) is 0 Å². The first kappa shape index (κ1) is 16.0. The lowest BCUT2D eigenvalue weighted by atomic mass is 10.2. The van der Waals surface area contributed by atoms with Crippen LogP contribution in [0.2, 0.25) is 0 Å². The topological polar surface area (TPSA) is 58.2 Å². The van der Waals surface area contributed by atoms with Crippen molar-refractivity contribution in [2.45, 2.75) is 17.7 Å². The van der Waals surface area contributed by atoms with E-state index in [0.29, 0.717) is 23.2 Å². The van der Waals surface area contributed by atoms with E-state index in [2.05, 4.69) is 10.0 Å². The molecule has 0 aliphatic rings. The molecule has 0 saturated heterocycles. The molecule has 2 N–H and O–H groups in total. The van der Waals surface area contributed by atoms with Crippen LogP contribution in [0.25, 0.3) is 0 Å². The zero-order chi connectivity index (χ0) is 13.6. The molecule has 0 spiro atoms. The first-order valence-corrected chi connectivity index (χ1v) is 9.46. The largest absolute Gasteiger partial charge is 0.316 e. The number of rotatable bonds is 8. The fraction of sp³-hybridized carbons (Fsp3) is 0.636. The van der Waals surface area contributed by atoms with Gasteiger partial charge in [-0.05, 0) is 42.0 Å². The zero-order valence-corrected chi connectivity index (χ0v) is 13.3. The van der Waals surface area contributed by atoms with E-state index in [1.54, 1.807) is 17.8 Å². The summed E-state index contributed by atoms with van der Waals surface area (Å²) in [5.74, 6) is 1.30. The summed E-state index contributed by atoms with van der Waals surface area (Å²) in [6.45, 7) is 3.22. The molecule has 104 valence electrons. The van der Waals surface area contributed by atoms with Crippen molar-refractivity contribution in [2.24, 2.45) is 5.92 Å². The van der Waals surface area contributed by atoms with Gasteiger partial charge in [0.15, 0.2) is 0 Å². The van der Waals surface area contributed by atoms with E-state index in [9.17, 15) is 8.42 Å². The van der Waals surface area contributed by atoms with Gasteiger partial charge in [-0.25, -0.2) is 13.1 Å². The van der Waals surface area contributed by atoms with Crippen molar-refractivity contribution in [3.05, 3.63) is 17.0 Å². The third-order valence-corrected chi connectivity index (χ3v) is 6.16. The summed E-state index contributed by atoms with van der Waals surface area (Å²) < 4.78 is 27.1. The van der Waals surface area contributed by atoms with Crippen molar-refractivity contribution >= 4 is 33.1 Å². The Kier molecular flexibility index (Phi) is 6.65. The summed E-state index contributed by atoms with van der Waals surface area (Å²) in [6.07, 6.45) is 2.02. The van der Waals surface area contributed by atoms with Crippen LogP contribution < -0.4 is 10.0 Å². The van der Waals surface area contributed by atoms with E-state index in [1.807, 2.05) is 25.6 Å². The Labute approximate surface area is 118 Å². The first-order valence-electron chi connectivity index (χ1n) is 5.70. The number of nitrogens with one attached hydrogen (secondary N) is 2. The van der Waals surface area contributed by atoms with Crippen molar-refractivity contribution in [1.29, 1.82) is 0 Å². The average molecular weight is 308 g/mol. The molecule has 0 radical (unpaired) electrons. The minimum Gasteiger partial charge on any atom is -0.316 e. The lowest BCUT2D eigenvalue weighted by Crippen LogP contribution is -2.28. The normalized spacial score (nSPS) is 13.7. The Bertz CT molecular complexity index is 457. The van der Waals surface area contributed by atoms with Gasteiger partial charge < -0.3 is 5.32 Å². The van der Waals surface area contributed by atoms with Crippen LogP contribution in [0.3, 0.4) is 0 Å². The molecule has 1 aromatic rings. The van der Waals surface area contributed by atoms with E-state index >= 15 is 0 Å². The van der Waals surface area contributed by atoms with Gasteiger partial charge in [-0.3, -0.25) is 0 Å². The van der Waals surface area contributed by atoms with Crippen molar-refractivity contribution in [1.82, 2.24) is 10.0 Å². The van der Waals surface area contributed by atoms with Crippen LogP contribution in [0.1, 0.15) is 12.5 Å². The molecule has 0 amide bonds. The number of hydrogen-bond donors (Lipinski definition) is 2. The molecule has 18 heavy (non-hydrogen) atoms. The van der Waals surface area contributed by atoms with Gasteiger partial charge in [0, 0.05) is 13.1 Å². The molecule has 1 unspecified atom stereocenters. The molecular formula is C11H20N2O2S3. The van der Waals surface area contributed by atoms with Crippen molar-refractivity contribution in [2.75, 3.05) is 25.6 Å². The highest BCUT2D eigenvalue weighted by atomic mass is 32.2. The highest BCUT2D eigenvalue weighted by Crippen LogP contribution is 2.20. The zero-order valence-electron chi connectivity index (χ0n) is 10.9. The molecule has 0 aromatic carbocycles. The summed E-state index contributed by atoms with van der Waals surface area (Å²) in [5, 5.41) is 4.88. The van der Waals surface area contributed by atoms with Crippen LogP contribution >= 0.6 is 23.1 Å². The predicted molar refractivity (Wildman–Crippen MR) is 79.8 cm³/mol. The Hall–Kier alpha value is -0.0800. The van der Waals surface area contributed by atoms with Gasteiger partial charge in [0.05, 0.1) is 0 Å². The Morgan fingerprint density at radius 3 is 2.83 bits per heavy atom. The fourth-order valence-corrected chi connectivity index (χ4v) is 4.56. The van der Waals surface area contributed by atoms with E-state index in [1.165, 1.54) is 11.3 Å². The molecule has 0 saturated carbocycles. The quantitative estimate of drug-likeness (QED) is 0.768. The molecule has 0 fully saturated rings. The third kappa shape index (κ3) is 4.89. The number of hydrogen-bond acceptors (Lipinski definition) is 5. The monoisotopic (exact) mass is 308 g/mol. The molecule has 1 rings (SSSR count). The molecule has 4 nitrogen and oxygen atoms in total. The van der Waals surface area contributed by atoms with Crippen LogP contribution in [0.5, 0.6) is 0 Å². The van der Waals surface area contributed by atoms with E-state index in [0.717, 1.165) is 11.3 Å². The minimum atomic E-state index is -3.34. The molecule has 0 aliphatic heterocycles. The van der Waals surface area contributed by atoms with Gasteiger partial charge in [0.25, 0.3) is 0 Å². The van der Waals surface area contributed by atoms with Crippen LogP contribution in [-0.4, -0.2) is 34.0 Å². The maximum Gasteiger partial charge on any atom is 0.250 e. The third-order valence-electron chi connectivity index (χ3n) is 2.35. The molecule has 1 heterocycles. The SMILES string of the molecule is CNCc1csc(S(=O)(=O)NCC(C)CSC)c1. The summed E-state index contributed by atoms with van der Waals surface area (Å²) in [5.41, 5.74) is 1.00. The second-order valence-corrected chi connectivity index (χ2v) is 8.03. The number of thiophene rings is 1. The summed E-state index contributed by atoms with van der Waals surface area (Å²) in [6, 6.07) is 1.72. The Balaban J connectivity index is 2.62. The number of thioether (sulfide) groups is 1. The van der Waals surface area contributed by atoms with Crippen molar-refractivity contribution in [3.63, 3.8) is 0 Å². The summed E-state index contributed by atoms with van der Waals surface area (Å²) >= 11 is 2.99. The second kappa shape index (κ2) is 7.49. The van der Waals surface area contributed by atoms with Gasteiger partial charge in [0.1, 0.15) is 4.21 Å². The van der Waals surface area contributed by atoms with Crippen molar-refractivity contribution in [3.8, 4) is 0 Å².